The van der Waals surface area contributed by atoms with Gasteiger partial charge in [0.15, 0.2) is 0 Å². The molecule has 0 atom stereocenters. The van der Waals surface area contributed by atoms with E-state index >= 15 is 0 Å². The van der Waals surface area contributed by atoms with Gasteiger partial charge in [-0.15, -0.1) is 0 Å². The van der Waals surface area contributed by atoms with E-state index in [0.29, 0.717) is 26.4 Å². The number of rotatable bonds is 34. The summed E-state index contributed by atoms with van der Waals surface area (Å²) in [7, 11) is -3.11. The molecule has 0 radical (unpaired) electrons. The van der Waals surface area contributed by atoms with Crippen molar-refractivity contribution in [3.63, 3.8) is 0 Å². The van der Waals surface area contributed by atoms with Crippen LogP contribution in [0.2, 0.25) is 0 Å². The van der Waals surface area contributed by atoms with Gasteiger partial charge in [-0.25, -0.2) is 0 Å². The second-order valence-electron chi connectivity index (χ2n) is 11.7. The molecule has 0 unspecified atom stereocenters. The third-order valence-corrected chi connectivity index (χ3v) is 9.84. The zero-order valence-corrected chi connectivity index (χ0v) is 28.3. The zero-order valence-electron chi connectivity index (χ0n) is 27.3. The van der Waals surface area contributed by atoms with Gasteiger partial charge in [-0.2, -0.15) is 0 Å². The molecular formula is C34H72O4Si. The highest BCUT2D eigenvalue weighted by Gasteiger charge is 2.45. The van der Waals surface area contributed by atoms with Crippen LogP contribution >= 0.6 is 0 Å². The van der Waals surface area contributed by atoms with E-state index in [-0.39, 0.29) is 0 Å². The molecule has 0 saturated carbocycles. The molecular weight excluding hydrogens is 500 g/mol. The lowest BCUT2D eigenvalue weighted by Gasteiger charge is -2.28. The molecule has 0 saturated heterocycles. The Kier molecular flexibility index (Phi) is 32.6. The van der Waals surface area contributed by atoms with Crippen molar-refractivity contribution in [2.75, 3.05) is 26.4 Å². The zero-order chi connectivity index (χ0) is 28.5. The average molecular weight is 573 g/mol. The minimum absolute atomic E-state index is 0.697. The van der Waals surface area contributed by atoms with Crippen molar-refractivity contribution in [3.8, 4) is 0 Å². The van der Waals surface area contributed by atoms with Gasteiger partial charge in [-0.05, 0) is 25.7 Å². The lowest BCUT2D eigenvalue weighted by molar-refractivity contribution is -0.0375. The predicted molar refractivity (Wildman–Crippen MR) is 172 cm³/mol. The molecule has 0 aromatic heterocycles. The topological polar surface area (TPSA) is 36.9 Å². The van der Waals surface area contributed by atoms with E-state index in [2.05, 4.69) is 27.7 Å². The lowest BCUT2D eigenvalue weighted by atomic mass is 10.1. The third-order valence-electron chi connectivity index (χ3n) is 7.61. The van der Waals surface area contributed by atoms with Crippen LogP contribution in [0.25, 0.3) is 0 Å². The molecule has 0 spiro atoms. The van der Waals surface area contributed by atoms with Crippen LogP contribution in [-0.4, -0.2) is 35.5 Å². The molecule has 0 rings (SSSR count). The average Bonchev–Trinajstić information content (AvgIpc) is 2.95. The Hall–Kier alpha value is 0.0569. The molecule has 0 aromatic carbocycles. The van der Waals surface area contributed by atoms with Crippen molar-refractivity contribution in [2.45, 2.75) is 195 Å². The first kappa shape index (κ1) is 39.1. The molecule has 0 bridgehead atoms. The summed E-state index contributed by atoms with van der Waals surface area (Å²) < 4.78 is 25.9. The van der Waals surface area contributed by atoms with Gasteiger partial charge in [0.25, 0.3) is 0 Å². The Balaban J connectivity index is 4.79. The van der Waals surface area contributed by atoms with Crippen molar-refractivity contribution in [3.05, 3.63) is 0 Å². The van der Waals surface area contributed by atoms with Crippen LogP contribution < -0.4 is 0 Å². The fourth-order valence-corrected chi connectivity index (χ4v) is 7.00. The monoisotopic (exact) mass is 573 g/mol. The maximum atomic E-state index is 6.48. The van der Waals surface area contributed by atoms with Crippen molar-refractivity contribution >= 4 is 9.05 Å². The first-order valence-corrected chi connectivity index (χ1v) is 19.4. The summed E-state index contributed by atoms with van der Waals surface area (Å²) in [6, 6.07) is 0. The van der Waals surface area contributed by atoms with Crippen LogP contribution in [0.3, 0.4) is 0 Å². The molecule has 4 nitrogen and oxygen atoms in total. The van der Waals surface area contributed by atoms with Crippen LogP contribution in [0, 0.1) is 0 Å². The lowest BCUT2D eigenvalue weighted by Crippen LogP contribution is -2.50. The van der Waals surface area contributed by atoms with E-state index in [9.17, 15) is 0 Å². The Morgan fingerprint density at radius 2 is 0.436 bits per heavy atom. The van der Waals surface area contributed by atoms with Crippen molar-refractivity contribution < 1.29 is 17.7 Å². The molecule has 0 aliphatic rings. The number of hydrogen-bond donors (Lipinski definition) is 0. The van der Waals surface area contributed by atoms with E-state index in [4.69, 9.17) is 17.7 Å². The quantitative estimate of drug-likeness (QED) is 0.0567. The summed E-state index contributed by atoms with van der Waals surface area (Å²) >= 11 is 0. The SMILES string of the molecule is CCCCCCCCCO[Si](OCCCCCCCC)(OCCCCCCCC)OCCCCCCCCC. The summed E-state index contributed by atoms with van der Waals surface area (Å²) in [6.07, 6.45) is 33.0. The Bertz CT molecular complexity index is 409. The normalized spacial score (nSPS) is 12.0. The van der Waals surface area contributed by atoms with Crippen LogP contribution in [0.15, 0.2) is 0 Å². The molecule has 0 N–H and O–H groups in total. The summed E-state index contributed by atoms with van der Waals surface area (Å²) in [5.74, 6) is 0. The molecule has 39 heavy (non-hydrogen) atoms. The fraction of sp³-hybridized carbons (Fsp3) is 1.00. The number of unbranched alkanes of at least 4 members (excludes halogenated alkanes) is 22. The van der Waals surface area contributed by atoms with Gasteiger partial charge in [0.05, 0.1) is 0 Å². The summed E-state index contributed by atoms with van der Waals surface area (Å²) in [5.41, 5.74) is 0. The van der Waals surface area contributed by atoms with Gasteiger partial charge in [0, 0.05) is 26.4 Å². The van der Waals surface area contributed by atoms with E-state index in [1.807, 2.05) is 0 Å². The molecule has 0 aliphatic heterocycles. The van der Waals surface area contributed by atoms with Crippen molar-refractivity contribution in [2.24, 2.45) is 0 Å². The van der Waals surface area contributed by atoms with Gasteiger partial charge in [0.2, 0.25) is 0 Å². The molecule has 0 amide bonds. The highest BCUT2D eigenvalue weighted by atomic mass is 28.4. The van der Waals surface area contributed by atoms with E-state index in [1.54, 1.807) is 0 Å². The molecule has 0 aliphatic carbocycles. The molecule has 5 heteroatoms. The van der Waals surface area contributed by atoms with Crippen molar-refractivity contribution in [1.82, 2.24) is 0 Å². The van der Waals surface area contributed by atoms with Gasteiger partial charge in [-0.3, -0.25) is 0 Å². The van der Waals surface area contributed by atoms with Gasteiger partial charge in [-0.1, -0.05) is 169 Å². The summed E-state index contributed by atoms with van der Waals surface area (Å²) in [6.45, 7) is 11.9. The highest BCUT2D eigenvalue weighted by molar-refractivity contribution is 6.53. The number of hydrogen-bond acceptors (Lipinski definition) is 4. The third kappa shape index (κ3) is 28.0. The standard InChI is InChI=1S/C34H72O4Si/c1-5-9-13-17-21-25-29-33-37-39(35-31-27-23-19-15-11-7-3,36-32-28-24-20-16-12-8-4)38-34-30-26-22-18-14-10-6-2/h5-34H2,1-4H3. The first-order chi connectivity index (χ1) is 19.2. The summed E-state index contributed by atoms with van der Waals surface area (Å²) in [5, 5.41) is 0. The smallest absolute Gasteiger partial charge is 0.351 e. The van der Waals surface area contributed by atoms with Crippen LogP contribution in [0.5, 0.6) is 0 Å². The Morgan fingerprint density at radius 1 is 0.256 bits per heavy atom. The Morgan fingerprint density at radius 3 is 0.641 bits per heavy atom. The van der Waals surface area contributed by atoms with E-state index in [0.717, 1.165) is 25.7 Å². The largest absolute Gasteiger partial charge is 0.679 e. The second kappa shape index (κ2) is 32.6. The molecule has 0 heterocycles. The van der Waals surface area contributed by atoms with E-state index < -0.39 is 9.05 Å². The maximum Gasteiger partial charge on any atom is 0.679 e. The van der Waals surface area contributed by atoms with Gasteiger partial charge < -0.3 is 17.7 Å². The molecule has 0 aromatic rings. The maximum absolute atomic E-state index is 6.48. The van der Waals surface area contributed by atoms with Crippen LogP contribution in [0.4, 0.5) is 0 Å². The van der Waals surface area contributed by atoms with E-state index in [1.165, 1.54) is 141 Å². The fourth-order valence-electron chi connectivity index (χ4n) is 4.92. The molecule has 236 valence electrons. The van der Waals surface area contributed by atoms with Crippen LogP contribution in [-0.2, 0) is 17.7 Å². The Labute approximate surface area is 247 Å². The minimum atomic E-state index is -3.11. The predicted octanol–water partition coefficient (Wildman–Crippen LogP) is 11.7. The highest BCUT2D eigenvalue weighted by Crippen LogP contribution is 2.19. The van der Waals surface area contributed by atoms with Gasteiger partial charge >= 0.3 is 9.05 Å². The molecule has 0 fully saturated rings. The van der Waals surface area contributed by atoms with Crippen molar-refractivity contribution in [1.29, 1.82) is 0 Å². The second-order valence-corrected chi connectivity index (χ2v) is 13.8. The summed E-state index contributed by atoms with van der Waals surface area (Å²) in [4.78, 5) is 0. The van der Waals surface area contributed by atoms with Crippen LogP contribution in [0.1, 0.15) is 195 Å². The first-order valence-electron chi connectivity index (χ1n) is 17.8. The van der Waals surface area contributed by atoms with Gasteiger partial charge in [0.1, 0.15) is 0 Å². The minimum Gasteiger partial charge on any atom is -0.351 e.